The predicted octanol–water partition coefficient (Wildman–Crippen LogP) is 2.94. The molecule has 0 saturated heterocycles. The molecule has 17 heavy (non-hydrogen) atoms. The molecule has 1 heterocycles. The highest BCUT2D eigenvalue weighted by atomic mass is 79.9. The molecular formula is C11H17BrN2O2S. The smallest absolute Gasteiger partial charge is 0.233 e. The summed E-state index contributed by atoms with van der Waals surface area (Å²) in [4.78, 5) is 4.05. The average Bonchev–Trinajstić information content (AvgIpc) is 2.20. The Morgan fingerprint density at radius 3 is 2.65 bits per heavy atom. The quantitative estimate of drug-likeness (QED) is 0.907. The van der Waals surface area contributed by atoms with Crippen LogP contribution in [0.4, 0.5) is 5.82 Å². The Kier molecular flexibility index (Phi) is 4.94. The Morgan fingerprint density at radius 1 is 1.47 bits per heavy atom. The Balaban J connectivity index is 2.76. The molecule has 0 unspecified atom stereocenters. The molecule has 0 bridgehead atoms. The number of nitrogens with one attached hydrogen (secondary N) is 1. The van der Waals surface area contributed by atoms with Crippen molar-refractivity contribution in [3.05, 3.63) is 22.3 Å². The van der Waals surface area contributed by atoms with E-state index in [-0.39, 0.29) is 5.75 Å². The van der Waals surface area contributed by atoms with Gasteiger partial charge in [-0.05, 0) is 46.8 Å². The van der Waals surface area contributed by atoms with Gasteiger partial charge in [-0.3, -0.25) is 4.72 Å². The number of rotatable bonds is 5. The molecule has 0 spiro atoms. The molecule has 1 N–H and O–H groups in total. The monoisotopic (exact) mass is 320 g/mol. The van der Waals surface area contributed by atoms with Gasteiger partial charge in [-0.15, -0.1) is 0 Å². The summed E-state index contributed by atoms with van der Waals surface area (Å²) < 4.78 is 26.9. The number of hydrogen-bond acceptors (Lipinski definition) is 3. The molecule has 1 rings (SSSR count). The van der Waals surface area contributed by atoms with E-state index in [1.54, 1.807) is 6.20 Å². The number of sulfonamides is 1. The number of aryl methyl sites for hydroxylation is 1. The average molecular weight is 321 g/mol. The molecule has 0 amide bonds. The fourth-order valence-corrected chi connectivity index (χ4v) is 3.07. The fourth-order valence-electron chi connectivity index (χ4n) is 1.24. The van der Waals surface area contributed by atoms with E-state index in [0.29, 0.717) is 18.2 Å². The topological polar surface area (TPSA) is 59.1 Å². The van der Waals surface area contributed by atoms with Crippen molar-refractivity contribution in [2.75, 3.05) is 10.5 Å². The number of halogens is 1. The molecule has 1 aromatic heterocycles. The largest absolute Gasteiger partial charge is 0.267 e. The zero-order valence-electron chi connectivity index (χ0n) is 10.2. The van der Waals surface area contributed by atoms with Crippen LogP contribution in [-0.2, 0) is 10.0 Å². The first kappa shape index (κ1) is 14.4. The lowest BCUT2D eigenvalue weighted by Gasteiger charge is -2.10. The Hall–Kier alpha value is -0.620. The first-order valence-electron chi connectivity index (χ1n) is 5.43. The van der Waals surface area contributed by atoms with E-state index >= 15 is 0 Å². The third-order valence-electron chi connectivity index (χ3n) is 2.26. The maximum absolute atomic E-state index is 11.8. The van der Waals surface area contributed by atoms with Gasteiger partial charge in [-0.1, -0.05) is 13.8 Å². The number of hydrogen-bond donors (Lipinski definition) is 1. The van der Waals surface area contributed by atoms with Crippen molar-refractivity contribution in [1.82, 2.24) is 4.98 Å². The van der Waals surface area contributed by atoms with E-state index in [4.69, 9.17) is 0 Å². The van der Waals surface area contributed by atoms with Gasteiger partial charge in [0.25, 0.3) is 0 Å². The van der Waals surface area contributed by atoms with Gasteiger partial charge in [0.05, 0.1) is 5.75 Å². The maximum Gasteiger partial charge on any atom is 0.233 e. The third-order valence-corrected chi connectivity index (χ3v) is 3.97. The van der Waals surface area contributed by atoms with Gasteiger partial charge in [-0.25, -0.2) is 13.4 Å². The maximum atomic E-state index is 11.8. The zero-order valence-corrected chi connectivity index (χ0v) is 12.6. The minimum Gasteiger partial charge on any atom is -0.267 e. The van der Waals surface area contributed by atoms with Gasteiger partial charge in [0.1, 0.15) is 5.82 Å². The molecule has 0 radical (unpaired) electrons. The second-order valence-corrected chi connectivity index (χ2v) is 7.18. The van der Waals surface area contributed by atoms with Gasteiger partial charge >= 0.3 is 0 Å². The van der Waals surface area contributed by atoms with Crippen LogP contribution in [0, 0.1) is 12.8 Å². The number of aromatic nitrogens is 1. The van der Waals surface area contributed by atoms with Crippen molar-refractivity contribution in [2.45, 2.75) is 27.2 Å². The Morgan fingerprint density at radius 2 is 2.12 bits per heavy atom. The predicted molar refractivity (Wildman–Crippen MR) is 73.5 cm³/mol. The van der Waals surface area contributed by atoms with Crippen molar-refractivity contribution < 1.29 is 8.42 Å². The number of pyridine rings is 1. The van der Waals surface area contributed by atoms with E-state index in [2.05, 4.69) is 25.6 Å². The van der Waals surface area contributed by atoms with E-state index < -0.39 is 10.0 Å². The summed E-state index contributed by atoms with van der Waals surface area (Å²) in [6.07, 6.45) is 2.22. The van der Waals surface area contributed by atoms with Crippen LogP contribution >= 0.6 is 15.9 Å². The van der Waals surface area contributed by atoms with E-state index in [1.165, 1.54) is 0 Å². The van der Waals surface area contributed by atoms with Crippen LogP contribution in [0.3, 0.4) is 0 Å². The van der Waals surface area contributed by atoms with Crippen molar-refractivity contribution in [3.8, 4) is 0 Å². The molecule has 0 aliphatic carbocycles. The van der Waals surface area contributed by atoms with Gasteiger partial charge in [0, 0.05) is 10.7 Å². The molecular weight excluding hydrogens is 304 g/mol. The van der Waals surface area contributed by atoms with Crippen LogP contribution < -0.4 is 4.72 Å². The van der Waals surface area contributed by atoms with Crippen LogP contribution in [0.2, 0.25) is 0 Å². The van der Waals surface area contributed by atoms with Crippen molar-refractivity contribution in [1.29, 1.82) is 0 Å². The van der Waals surface area contributed by atoms with E-state index in [1.807, 2.05) is 26.8 Å². The Bertz CT molecular complexity index is 486. The second kappa shape index (κ2) is 5.82. The highest BCUT2D eigenvalue weighted by Gasteiger charge is 2.13. The van der Waals surface area contributed by atoms with Crippen LogP contribution in [0.5, 0.6) is 0 Å². The standard InChI is InChI=1S/C11H17BrN2O2S/c1-8(2)4-5-17(15,16)14-11-9(3)6-10(12)7-13-11/h6-8H,4-5H2,1-3H3,(H,13,14). The highest BCUT2D eigenvalue weighted by Crippen LogP contribution is 2.18. The summed E-state index contributed by atoms with van der Waals surface area (Å²) in [5.41, 5.74) is 0.799. The van der Waals surface area contributed by atoms with Crippen molar-refractivity contribution >= 4 is 31.8 Å². The van der Waals surface area contributed by atoms with Gasteiger partial charge < -0.3 is 0 Å². The summed E-state index contributed by atoms with van der Waals surface area (Å²) in [5, 5.41) is 0. The molecule has 4 nitrogen and oxygen atoms in total. The molecule has 0 aromatic carbocycles. The lowest BCUT2D eigenvalue weighted by atomic mass is 10.2. The molecule has 0 atom stereocenters. The molecule has 6 heteroatoms. The van der Waals surface area contributed by atoms with Crippen LogP contribution in [0.25, 0.3) is 0 Å². The van der Waals surface area contributed by atoms with Crippen LogP contribution in [0.15, 0.2) is 16.7 Å². The fraction of sp³-hybridized carbons (Fsp3) is 0.545. The van der Waals surface area contributed by atoms with Crippen LogP contribution in [0.1, 0.15) is 25.8 Å². The number of anilines is 1. The molecule has 0 aliphatic heterocycles. The summed E-state index contributed by atoms with van der Waals surface area (Å²) in [7, 11) is -3.29. The highest BCUT2D eigenvalue weighted by molar-refractivity contribution is 9.10. The molecule has 0 fully saturated rings. The third kappa shape index (κ3) is 5.04. The first-order valence-corrected chi connectivity index (χ1v) is 7.87. The minimum atomic E-state index is -3.29. The minimum absolute atomic E-state index is 0.127. The van der Waals surface area contributed by atoms with E-state index in [0.717, 1.165) is 10.0 Å². The van der Waals surface area contributed by atoms with Gasteiger partial charge in [-0.2, -0.15) is 0 Å². The summed E-state index contributed by atoms with van der Waals surface area (Å²) in [6.45, 7) is 5.81. The first-order chi connectivity index (χ1) is 7.80. The Labute approximate surface area is 111 Å². The van der Waals surface area contributed by atoms with Crippen molar-refractivity contribution in [2.24, 2.45) is 5.92 Å². The summed E-state index contributed by atoms with van der Waals surface area (Å²) in [5.74, 6) is 0.893. The lowest BCUT2D eigenvalue weighted by Crippen LogP contribution is -2.19. The van der Waals surface area contributed by atoms with Gasteiger partial charge in [0.15, 0.2) is 0 Å². The molecule has 0 saturated carbocycles. The molecule has 96 valence electrons. The summed E-state index contributed by atoms with van der Waals surface area (Å²) >= 11 is 3.29. The van der Waals surface area contributed by atoms with Crippen molar-refractivity contribution in [3.63, 3.8) is 0 Å². The lowest BCUT2D eigenvalue weighted by molar-refractivity contribution is 0.577. The zero-order chi connectivity index (χ0) is 13.1. The van der Waals surface area contributed by atoms with E-state index in [9.17, 15) is 8.42 Å². The number of nitrogens with zero attached hydrogens (tertiary/aromatic N) is 1. The normalized spacial score (nSPS) is 11.8. The SMILES string of the molecule is Cc1cc(Br)cnc1NS(=O)(=O)CCC(C)C. The van der Waals surface area contributed by atoms with Gasteiger partial charge in [0.2, 0.25) is 10.0 Å². The van der Waals surface area contributed by atoms with Crippen LogP contribution in [-0.4, -0.2) is 19.2 Å². The second-order valence-electron chi connectivity index (χ2n) is 4.42. The molecule has 1 aromatic rings. The molecule has 0 aliphatic rings. The summed E-state index contributed by atoms with van der Waals surface area (Å²) in [6, 6.07) is 1.83.